The van der Waals surface area contributed by atoms with Gasteiger partial charge in [0.25, 0.3) is 0 Å². The number of rotatable bonds is 2. The van der Waals surface area contributed by atoms with Crippen molar-refractivity contribution in [3.05, 3.63) is 35.9 Å². The number of fused-ring (bicyclic) bond motifs is 1. The zero-order valence-electron chi connectivity index (χ0n) is 9.73. The third kappa shape index (κ3) is 2.13. The fourth-order valence-corrected chi connectivity index (χ4v) is 3.10. The normalized spacial score (nSPS) is 30.2. The second kappa shape index (κ2) is 4.56. The summed E-state index contributed by atoms with van der Waals surface area (Å²) in [5.41, 5.74) is 1.45. The van der Waals surface area contributed by atoms with Gasteiger partial charge >= 0.3 is 0 Å². The fraction of sp³-hybridized carbons (Fsp3) is 0.571. The molecular formula is C14H20N2. The van der Waals surface area contributed by atoms with Gasteiger partial charge in [-0.15, -0.1) is 0 Å². The van der Waals surface area contributed by atoms with E-state index >= 15 is 0 Å². The Morgan fingerprint density at radius 2 is 1.94 bits per heavy atom. The fourth-order valence-electron chi connectivity index (χ4n) is 3.10. The molecule has 2 fully saturated rings. The van der Waals surface area contributed by atoms with Gasteiger partial charge in [-0.05, 0) is 43.5 Å². The number of nitrogens with one attached hydrogen (secondary N) is 1. The number of piperidine rings is 1. The molecule has 1 aromatic carbocycles. The summed E-state index contributed by atoms with van der Waals surface area (Å²) in [6.45, 7) is 6.17. The Morgan fingerprint density at radius 3 is 2.81 bits per heavy atom. The van der Waals surface area contributed by atoms with E-state index in [2.05, 4.69) is 40.5 Å². The van der Waals surface area contributed by atoms with Gasteiger partial charge in [0.2, 0.25) is 0 Å². The van der Waals surface area contributed by atoms with Crippen LogP contribution in [0.5, 0.6) is 0 Å². The van der Waals surface area contributed by atoms with Crippen molar-refractivity contribution < 1.29 is 0 Å². The van der Waals surface area contributed by atoms with Gasteiger partial charge in [-0.25, -0.2) is 0 Å². The van der Waals surface area contributed by atoms with Crippen LogP contribution in [0.3, 0.4) is 0 Å². The molecule has 0 aliphatic carbocycles. The van der Waals surface area contributed by atoms with Gasteiger partial charge in [0.05, 0.1) is 0 Å². The molecule has 2 unspecified atom stereocenters. The molecule has 2 aliphatic heterocycles. The van der Waals surface area contributed by atoms with Gasteiger partial charge in [0.15, 0.2) is 0 Å². The van der Waals surface area contributed by atoms with Gasteiger partial charge in [0, 0.05) is 13.1 Å². The van der Waals surface area contributed by atoms with Crippen molar-refractivity contribution in [2.45, 2.75) is 13.0 Å². The SMILES string of the molecule is c1ccc(CN2CCC3CNCC3C2)cc1. The van der Waals surface area contributed by atoms with Crippen molar-refractivity contribution in [3.63, 3.8) is 0 Å². The Bertz CT molecular complexity index is 336. The van der Waals surface area contributed by atoms with Crippen LogP contribution in [0, 0.1) is 11.8 Å². The molecule has 0 aromatic heterocycles. The van der Waals surface area contributed by atoms with Gasteiger partial charge < -0.3 is 5.32 Å². The first-order valence-corrected chi connectivity index (χ1v) is 6.39. The summed E-state index contributed by atoms with van der Waals surface area (Å²) in [4.78, 5) is 2.61. The first-order chi connectivity index (χ1) is 7.92. The summed E-state index contributed by atoms with van der Waals surface area (Å²) in [5, 5.41) is 3.52. The van der Waals surface area contributed by atoms with Crippen LogP contribution in [0.15, 0.2) is 30.3 Å². The molecule has 0 bridgehead atoms. The first-order valence-electron chi connectivity index (χ1n) is 6.39. The highest BCUT2D eigenvalue weighted by Crippen LogP contribution is 2.27. The molecule has 2 atom stereocenters. The summed E-state index contributed by atoms with van der Waals surface area (Å²) in [7, 11) is 0. The molecule has 16 heavy (non-hydrogen) atoms. The molecule has 2 heteroatoms. The summed E-state index contributed by atoms with van der Waals surface area (Å²) < 4.78 is 0. The Morgan fingerprint density at radius 1 is 1.12 bits per heavy atom. The van der Waals surface area contributed by atoms with Crippen LogP contribution in [0.4, 0.5) is 0 Å². The van der Waals surface area contributed by atoms with Crippen molar-refractivity contribution in [3.8, 4) is 0 Å². The van der Waals surface area contributed by atoms with Crippen LogP contribution < -0.4 is 5.32 Å². The Labute approximate surface area is 97.6 Å². The standard InChI is InChI=1S/C14H20N2/c1-2-4-12(5-3-1)10-16-7-6-13-8-15-9-14(13)11-16/h1-5,13-15H,6-11H2. The summed E-state index contributed by atoms with van der Waals surface area (Å²) >= 11 is 0. The summed E-state index contributed by atoms with van der Waals surface area (Å²) in [6.07, 6.45) is 1.38. The molecular weight excluding hydrogens is 196 g/mol. The van der Waals surface area contributed by atoms with E-state index < -0.39 is 0 Å². The summed E-state index contributed by atoms with van der Waals surface area (Å²) in [6, 6.07) is 10.8. The van der Waals surface area contributed by atoms with E-state index in [1.807, 2.05) is 0 Å². The van der Waals surface area contributed by atoms with E-state index in [1.54, 1.807) is 0 Å². The number of nitrogens with zero attached hydrogens (tertiary/aromatic N) is 1. The predicted octanol–water partition coefficient (Wildman–Crippen LogP) is 1.73. The second-order valence-electron chi connectivity index (χ2n) is 5.19. The minimum Gasteiger partial charge on any atom is -0.316 e. The van der Waals surface area contributed by atoms with Gasteiger partial charge in [-0.3, -0.25) is 4.90 Å². The van der Waals surface area contributed by atoms with Crippen molar-refractivity contribution in [2.75, 3.05) is 26.2 Å². The number of hydrogen-bond acceptors (Lipinski definition) is 2. The van der Waals surface area contributed by atoms with Gasteiger partial charge in [-0.2, -0.15) is 0 Å². The highest BCUT2D eigenvalue weighted by atomic mass is 15.1. The van der Waals surface area contributed by atoms with Gasteiger partial charge in [-0.1, -0.05) is 30.3 Å². The van der Waals surface area contributed by atoms with E-state index in [1.165, 1.54) is 38.2 Å². The molecule has 0 saturated carbocycles. The molecule has 0 radical (unpaired) electrons. The molecule has 2 heterocycles. The lowest BCUT2D eigenvalue weighted by molar-refractivity contribution is 0.142. The zero-order chi connectivity index (χ0) is 10.8. The molecule has 1 N–H and O–H groups in total. The highest BCUT2D eigenvalue weighted by molar-refractivity contribution is 5.14. The largest absolute Gasteiger partial charge is 0.316 e. The molecule has 0 amide bonds. The van der Waals surface area contributed by atoms with Crippen molar-refractivity contribution in [1.29, 1.82) is 0 Å². The van der Waals surface area contributed by atoms with E-state index in [9.17, 15) is 0 Å². The maximum absolute atomic E-state index is 3.52. The minimum atomic E-state index is 0.900. The van der Waals surface area contributed by atoms with Crippen LogP contribution in [-0.2, 0) is 6.54 Å². The molecule has 0 spiro atoms. The van der Waals surface area contributed by atoms with Crippen molar-refractivity contribution in [1.82, 2.24) is 10.2 Å². The van der Waals surface area contributed by atoms with Crippen LogP contribution in [-0.4, -0.2) is 31.1 Å². The van der Waals surface area contributed by atoms with E-state index in [0.717, 1.165) is 18.4 Å². The maximum atomic E-state index is 3.52. The lowest BCUT2D eigenvalue weighted by Crippen LogP contribution is -2.39. The zero-order valence-corrected chi connectivity index (χ0v) is 9.73. The third-order valence-electron chi connectivity index (χ3n) is 4.04. The first kappa shape index (κ1) is 10.3. The van der Waals surface area contributed by atoms with Crippen molar-refractivity contribution in [2.24, 2.45) is 11.8 Å². The Hall–Kier alpha value is -0.860. The van der Waals surface area contributed by atoms with E-state index in [4.69, 9.17) is 0 Å². The van der Waals surface area contributed by atoms with Crippen LogP contribution in [0.25, 0.3) is 0 Å². The average Bonchev–Trinajstić information content (AvgIpc) is 2.77. The predicted molar refractivity (Wildman–Crippen MR) is 66.2 cm³/mol. The van der Waals surface area contributed by atoms with E-state index in [-0.39, 0.29) is 0 Å². The molecule has 86 valence electrons. The van der Waals surface area contributed by atoms with Crippen LogP contribution in [0.1, 0.15) is 12.0 Å². The highest BCUT2D eigenvalue weighted by Gasteiger charge is 2.32. The number of hydrogen-bond donors (Lipinski definition) is 1. The molecule has 3 rings (SSSR count). The third-order valence-corrected chi connectivity index (χ3v) is 4.04. The quantitative estimate of drug-likeness (QED) is 0.810. The summed E-state index contributed by atoms with van der Waals surface area (Å²) in [5.74, 6) is 1.85. The molecule has 2 nitrogen and oxygen atoms in total. The smallest absolute Gasteiger partial charge is 0.0233 e. The second-order valence-corrected chi connectivity index (χ2v) is 5.19. The molecule has 2 aliphatic rings. The Kier molecular flexibility index (Phi) is 2.94. The monoisotopic (exact) mass is 216 g/mol. The van der Waals surface area contributed by atoms with Gasteiger partial charge in [0.1, 0.15) is 0 Å². The minimum absolute atomic E-state index is 0.900. The van der Waals surface area contributed by atoms with Crippen molar-refractivity contribution >= 4 is 0 Å². The van der Waals surface area contributed by atoms with E-state index in [0.29, 0.717) is 0 Å². The number of benzene rings is 1. The topological polar surface area (TPSA) is 15.3 Å². The van der Waals surface area contributed by atoms with Crippen LogP contribution in [0.2, 0.25) is 0 Å². The molecule has 2 saturated heterocycles. The average molecular weight is 216 g/mol. The Balaban J connectivity index is 1.60. The lowest BCUT2D eigenvalue weighted by atomic mass is 9.88. The van der Waals surface area contributed by atoms with Crippen LogP contribution >= 0.6 is 0 Å². The maximum Gasteiger partial charge on any atom is 0.0233 e. The lowest BCUT2D eigenvalue weighted by Gasteiger charge is -2.34. The number of likely N-dealkylation sites (tertiary alicyclic amines) is 1. The molecule has 1 aromatic rings.